The minimum Gasteiger partial charge on any atom is -0.220 e. The van der Waals surface area contributed by atoms with Crippen molar-refractivity contribution in [3.8, 4) is 0 Å². The molecule has 3 rings (SSSR count). The number of nitrogens with zero attached hydrogens (tertiary/aromatic N) is 1. The fourth-order valence-electron chi connectivity index (χ4n) is 3.03. The first-order chi connectivity index (χ1) is 8.96. The van der Waals surface area contributed by atoms with Crippen molar-refractivity contribution in [3.05, 3.63) is 34.8 Å². The fraction of sp³-hybridized carbons (Fsp3) is 0.429. The lowest BCUT2D eigenvalue weighted by molar-refractivity contribution is -0.151. The lowest BCUT2D eigenvalue weighted by atomic mass is 9.87. The number of fused-ring (bicyclic) bond motifs is 2. The Morgan fingerprint density at radius 2 is 2.00 bits per heavy atom. The average molecular weight is 268 g/mol. The highest BCUT2D eigenvalue weighted by molar-refractivity contribution is 5.81. The second-order valence-electron chi connectivity index (χ2n) is 5.10. The summed E-state index contributed by atoms with van der Waals surface area (Å²) in [5.74, 6) is -0.616. The molecule has 2 nitrogen and oxygen atoms in total. The first-order valence-corrected chi connectivity index (χ1v) is 6.28. The Balaban J connectivity index is 2.06. The summed E-state index contributed by atoms with van der Waals surface area (Å²) in [7, 11) is 0. The number of carbonyl (C=O) groups is 1. The lowest BCUT2D eigenvalue weighted by Crippen LogP contribution is -2.48. The van der Waals surface area contributed by atoms with Gasteiger partial charge < -0.3 is 0 Å². The molecular weight excluding hydrogens is 255 g/mol. The molecule has 1 amide bonds. The van der Waals surface area contributed by atoms with Gasteiger partial charge in [-0.2, -0.15) is 17.7 Å². The Labute approximate surface area is 107 Å². The van der Waals surface area contributed by atoms with Gasteiger partial charge in [0.25, 0.3) is 0 Å². The van der Waals surface area contributed by atoms with E-state index in [1.54, 1.807) is 18.2 Å². The van der Waals surface area contributed by atoms with Gasteiger partial charge in [-0.05, 0) is 18.6 Å². The minimum atomic E-state index is -4.18. The molecule has 0 N–H and O–H groups in total. The molecule has 2 heterocycles. The molecule has 0 aromatic heterocycles. The van der Waals surface area contributed by atoms with Crippen molar-refractivity contribution >= 4 is 12.0 Å². The van der Waals surface area contributed by atoms with E-state index in [2.05, 4.69) is 0 Å². The topological polar surface area (TPSA) is 20.1 Å². The molecule has 100 valence electrons. The van der Waals surface area contributed by atoms with Crippen molar-refractivity contribution in [2.45, 2.75) is 31.5 Å². The fourth-order valence-corrected chi connectivity index (χ4v) is 3.03. The molecule has 19 heavy (non-hydrogen) atoms. The predicted octanol–water partition coefficient (Wildman–Crippen LogP) is 1.23. The van der Waals surface area contributed by atoms with E-state index in [4.69, 9.17) is 0 Å². The Hall–Kier alpha value is -1.65. The third-order valence-corrected chi connectivity index (χ3v) is 3.82. The molecule has 2 unspecified atom stereocenters. The maximum atomic E-state index is 12.6. The van der Waals surface area contributed by atoms with E-state index in [9.17, 15) is 18.0 Å². The summed E-state index contributed by atoms with van der Waals surface area (Å²) in [6.07, 6.45) is -2.71. The number of amides is 1. The van der Waals surface area contributed by atoms with Gasteiger partial charge >= 0.3 is 12.1 Å². The normalized spacial score (nSPS) is 25.8. The first-order valence-electron chi connectivity index (χ1n) is 6.28. The molecule has 1 fully saturated rings. The van der Waals surface area contributed by atoms with Gasteiger partial charge in [-0.1, -0.05) is 12.1 Å². The molecule has 2 aliphatic rings. The number of carbonyl (C=O) groups excluding carboxylic acids is 1. The van der Waals surface area contributed by atoms with E-state index in [0.29, 0.717) is 6.42 Å². The quantitative estimate of drug-likeness (QED) is 0.701. The van der Waals surface area contributed by atoms with Crippen LogP contribution in [0.25, 0.3) is 6.08 Å². The third-order valence-electron chi connectivity index (χ3n) is 3.82. The second kappa shape index (κ2) is 4.18. The molecule has 5 heteroatoms. The third kappa shape index (κ3) is 2.17. The molecule has 2 aliphatic heterocycles. The number of halogens is 3. The van der Waals surface area contributed by atoms with Crippen LogP contribution in [-0.4, -0.2) is 18.1 Å². The van der Waals surface area contributed by atoms with Gasteiger partial charge in [-0.15, -0.1) is 0 Å². The van der Waals surface area contributed by atoms with Gasteiger partial charge in [0.1, 0.15) is 0 Å². The summed E-state index contributed by atoms with van der Waals surface area (Å²) in [4.78, 5) is 12.0. The van der Waals surface area contributed by atoms with E-state index >= 15 is 0 Å². The highest BCUT2D eigenvalue weighted by Crippen LogP contribution is 2.33. The standard InChI is InChI=1S/C14H13F3NO/c15-14(16,17)8-10-5-6-13(19)18-11-4-2-1-3-9(11)7-12(10)18/h1-4,7,10,12H,5-6,8H2/q+1. The zero-order valence-electron chi connectivity index (χ0n) is 10.2. The highest BCUT2D eigenvalue weighted by Gasteiger charge is 2.46. The molecule has 2 atom stereocenters. The van der Waals surface area contributed by atoms with Crippen molar-refractivity contribution in [1.29, 1.82) is 0 Å². The van der Waals surface area contributed by atoms with Gasteiger partial charge in [0.05, 0.1) is 12.8 Å². The maximum absolute atomic E-state index is 12.6. The van der Waals surface area contributed by atoms with Crippen molar-refractivity contribution in [2.75, 3.05) is 0 Å². The van der Waals surface area contributed by atoms with Gasteiger partial charge in [0.2, 0.25) is 5.36 Å². The number of benzene rings is 1. The van der Waals surface area contributed by atoms with Gasteiger partial charge in [0, 0.05) is 17.2 Å². The van der Waals surface area contributed by atoms with Crippen LogP contribution >= 0.6 is 0 Å². The molecule has 0 radical (unpaired) electrons. The zero-order chi connectivity index (χ0) is 13.6. The molecule has 0 saturated carbocycles. The predicted molar refractivity (Wildman–Crippen MR) is 63.6 cm³/mol. The Bertz CT molecular complexity index is 647. The SMILES string of the molecule is O=C1CCC(CC(F)(F)F)C2C=c3ccccc3=[N+]12. The molecule has 1 aromatic carbocycles. The molecule has 0 bridgehead atoms. The van der Waals surface area contributed by atoms with Gasteiger partial charge in [0.15, 0.2) is 6.04 Å². The van der Waals surface area contributed by atoms with E-state index in [0.717, 1.165) is 10.6 Å². The van der Waals surface area contributed by atoms with Crippen molar-refractivity contribution in [3.63, 3.8) is 0 Å². The number of piperidine rings is 1. The smallest absolute Gasteiger partial charge is 0.220 e. The summed E-state index contributed by atoms with van der Waals surface area (Å²) in [5, 5.41) is 1.60. The molecule has 0 aliphatic carbocycles. The molecule has 0 spiro atoms. The minimum absolute atomic E-state index is 0.0791. The Kier molecular flexibility index (Phi) is 2.73. The average Bonchev–Trinajstić information content (AvgIpc) is 2.71. The van der Waals surface area contributed by atoms with Crippen LogP contribution in [-0.2, 0) is 4.79 Å². The largest absolute Gasteiger partial charge is 0.389 e. The summed E-state index contributed by atoms with van der Waals surface area (Å²) >= 11 is 0. The second-order valence-corrected chi connectivity index (χ2v) is 5.10. The van der Waals surface area contributed by atoms with Crippen LogP contribution in [0.3, 0.4) is 0 Å². The number of hydrogen-bond acceptors (Lipinski definition) is 1. The van der Waals surface area contributed by atoms with Crippen molar-refractivity contribution in [1.82, 2.24) is 4.58 Å². The van der Waals surface area contributed by atoms with Crippen molar-refractivity contribution < 1.29 is 18.0 Å². The summed E-state index contributed by atoms with van der Waals surface area (Å²) < 4.78 is 39.4. The van der Waals surface area contributed by atoms with Crippen molar-refractivity contribution in [2.24, 2.45) is 5.92 Å². The van der Waals surface area contributed by atoms with Crippen LogP contribution in [0.5, 0.6) is 0 Å². The monoisotopic (exact) mass is 268 g/mol. The van der Waals surface area contributed by atoms with Crippen LogP contribution in [0.1, 0.15) is 19.3 Å². The maximum Gasteiger partial charge on any atom is 0.389 e. The van der Waals surface area contributed by atoms with Crippen LogP contribution in [0.15, 0.2) is 24.3 Å². The summed E-state index contributed by atoms with van der Waals surface area (Å²) in [6.45, 7) is 0. The van der Waals surface area contributed by atoms with Gasteiger partial charge in [-0.3, -0.25) is 0 Å². The summed E-state index contributed by atoms with van der Waals surface area (Å²) in [5.41, 5.74) is 0. The number of rotatable bonds is 1. The lowest BCUT2D eigenvalue weighted by Gasteiger charge is -2.24. The Morgan fingerprint density at radius 3 is 2.74 bits per heavy atom. The number of alkyl halides is 3. The highest BCUT2D eigenvalue weighted by atomic mass is 19.4. The van der Waals surface area contributed by atoms with E-state index in [-0.39, 0.29) is 12.3 Å². The Morgan fingerprint density at radius 1 is 1.26 bits per heavy atom. The van der Waals surface area contributed by atoms with E-state index in [1.165, 1.54) is 4.58 Å². The van der Waals surface area contributed by atoms with Gasteiger partial charge in [-0.25, -0.2) is 4.79 Å². The molecule has 1 aromatic rings. The number of para-hydroxylation sites is 1. The number of hydrogen-bond donors (Lipinski definition) is 0. The zero-order valence-corrected chi connectivity index (χ0v) is 10.2. The van der Waals surface area contributed by atoms with Crippen LogP contribution in [0, 0.1) is 5.92 Å². The van der Waals surface area contributed by atoms with Crippen LogP contribution in [0.2, 0.25) is 0 Å². The first kappa shape index (κ1) is 12.4. The van der Waals surface area contributed by atoms with Crippen LogP contribution < -0.4 is 15.2 Å². The molecular formula is C14H13F3NO+. The van der Waals surface area contributed by atoms with E-state index in [1.807, 2.05) is 12.1 Å². The van der Waals surface area contributed by atoms with Crippen LogP contribution in [0.4, 0.5) is 13.2 Å². The molecule has 1 saturated heterocycles. The van der Waals surface area contributed by atoms with E-state index < -0.39 is 24.6 Å². The summed E-state index contributed by atoms with van der Waals surface area (Å²) in [6, 6.07) is 6.82.